The highest BCUT2D eigenvalue weighted by Crippen LogP contribution is 2.18. The molecule has 0 aliphatic carbocycles. The van der Waals surface area contributed by atoms with E-state index in [1.54, 1.807) is 23.5 Å². The fraction of sp³-hybridized carbons (Fsp3) is 0.800. The summed E-state index contributed by atoms with van der Waals surface area (Å²) in [6.07, 6.45) is 3.53. The average molecular weight is 264 g/mol. The summed E-state index contributed by atoms with van der Waals surface area (Å²) in [4.78, 5) is 23.0. The molecule has 0 unspecified atom stereocenters. The second-order valence-electron chi connectivity index (χ2n) is 3.41. The molecule has 2 atom stereocenters. The first-order valence-corrected chi connectivity index (χ1v) is 7.86. The van der Waals surface area contributed by atoms with Gasteiger partial charge in [-0.15, -0.1) is 0 Å². The molecule has 16 heavy (non-hydrogen) atoms. The number of rotatable bonds is 6. The first-order chi connectivity index (χ1) is 7.69. The van der Waals surface area contributed by atoms with E-state index in [0.717, 1.165) is 11.5 Å². The van der Waals surface area contributed by atoms with Crippen LogP contribution in [0.3, 0.4) is 0 Å². The Morgan fingerprint density at radius 3 is 1.62 bits per heavy atom. The monoisotopic (exact) mass is 264 g/mol. The van der Waals surface area contributed by atoms with Crippen LogP contribution in [0.5, 0.6) is 0 Å². The molecule has 0 bridgehead atoms. The van der Waals surface area contributed by atoms with E-state index in [9.17, 15) is 9.59 Å². The highest BCUT2D eigenvalue weighted by atomic mass is 32.2. The highest BCUT2D eigenvalue weighted by Gasteiger charge is 2.37. The van der Waals surface area contributed by atoms with Crippen molar-refractivity contribution in [3.8, 4) is 0 Å². The summed E-state index contributed by atoms with van der Waals surface area (Å²) in [6.45, 7) is 0. The third-order valence-electron chi connectivity index (χ3n) is 2.21. The Balaban J connectivity index is 2.43. The molecule has 0 radical (unpaired) electrons. The van der Waals surface area contributed by atoms with Crippen LogP contribution < -0.4 is 0 Å². The molecule has 1 aliphatic rings. The number of ether oxygens (including phenoxy) is 2. The Kier molecular flexibility index (Phi) is 6.05. The van der Waals surface area contributed by atoms with Gasteiger partial charge in [0.25, 0.3) is 0 Å². The van der Waals surface area contributed by atoms with Crippen LogP contribution in [0.4, 0.5) is 0 Å². The third-order valence-corrected chi connectivity index (χ3v) is 3.50. The lowest BCUT2D eigenvalue weighted by Crippen LogP contribution is -2.44. The number of cyclic esters (lactones) is 2. The van der Waals surface area contributed by atoms with Gasteiger partial charge >= 0.3 is 11.9 Å². The van der Waals surface area contributed by atoms with Crippen molar-refractivity contribution in [2.24, 2.45) is 0 Å². The number of carbonyl (C=O) groups excluding carboxylic acids is 2. The van der Waals surface area contributed by atoms with E-state index in [0.29, 0.717) is 12.8 Å². The molecule has 6 heteroatoms. The molecular formula is C10H16O4S2. The van der Waals surface area contributed by atoms with Gasteiger partial charge in [0, 0.05) is 12.8 Å². The lowest BCUT2D eigenvalue weighted by molar-refractivity contribution is -0.195. The standard InChI is InChI=1S/C10H16O4S2/c1-15-5-3-7-9(11)14-8(4-6-16-2)10(12)13-7/h7-8H,3-6H2,1-2H3/t7-,8+. The zero-order chi connectivity index (χ0) is 12.0. The maximum atomic E-state index is 11.5. The number of thioether (sulfide) groups is 2. The topological polar surface area (TPSA) is 52.6 Å². The van der Waals surface area contributed by atoms with Gasteiger partial charge < -0.3 is 9.47 Å². The fourth-order valence-corrected chi connectivity index (χ4v) is 2.23. The Bertz CT molecular complexity index is 231. The first kappa shape index (κ1) is 13.7. The average Bonchev–Trinajstić information content (AvgIpc) is 2.28. The molecule has 92 valence electrons. The summed E-state index contributed by atoms with van der Waals surface area (Å²) in [5.74, 6) is 0.755. The predicted molar refractivity (Wildman–Crippen MR) is 65.8 cm³/mol. The van der Waals surface area contributed by atoms with Crippen LogP contribution in [-0.2, 0) is 19.1 Å². The fourth-order valence-electron chi connectivity index (χ4n) is 1.33. The summed E-state index contributed by atoms with van der Waals surface area (Å²) in [5, 5.41) is 0. The molecule has 0 saturated carbocycles. The van der Waals surface area contributed by atoms with Crippen molar-refractivity contribution < 1.29 is 19.1 Å². The summed E-state index contributed by atoms with van der Waals surface area (Å²) < 4.78 is 10.1. The Hall–Kier alpha value is -0.360. The molecule has 0 aromatic rings. The van der Waals surface area contributed by atoms with Crippen molar-refractivity contribution in [2.45, 2.75) is 25.0 Å². The second-order valence-corrected chi connectivity index (χ2v) is 5.39. The van der Waals surface area contributed by atoms with Crippen molar-refractivity contribution >= 4 is 35.5 Å². The lowest BCUT2D eigenvalue weighted by Gasteiger charge is -2.27. The zero-order valence-corrected chi connectivity index (χ0v) is 11.1. The maximum absolute atomic E-state index is 11.5. The van der Waals surface area contributed by atoms with Crippen LogP contribution in [0.15, 0.2) is 0 Å². The number of hydrogen-bond acceptors (Lipinski definition) is 6. The molecule has 1 rings (SSSR count). The van der Waals surface area contributed by atoms with Crippen molar-refractivity contribution in [1.82, 2.24) is 0 Å². The zero-order valence-electron chi connectivity index (χ0n) is 9.43. The first-order valence-electron chi connectivity index (χ1n) is 5.08. The van der Waals surface area contributed by atoms with E-state index < -0.39 is 24.1 Å². The van der Waals surface area contributed by atoms with Crippen LogP contribution in [0.2, 0.25) is 0 Å². The Morgan fingerprint density at radius 1 is 0.938 bits per heavy atom. The van der Waals surface area contributed by atoms with E-state index in [1.165, 1.54) is 0 Å². The van der Waals surface area contributed by atoms with E-state index in [2.05, 4.69) is 0 Å². The van der Waals surface area contributed by atoms with Crippen LogP contribution in [0.25, 0.3) is 0 Å². The smallest absolute Gasteiger partial charge is 0.348 e. The SMILES string of the molecule is CSCC[C@@H]1OC(=O)[C@@H](CCSC)OC1=O. The molecule has 0 N–H and O–H groups in total. The van der Waals surface area contributed by atoms with Gasteiger partial charge in [-0.1, -0.05) is 0 Å². The van der Waals surface area contributed by atoms with E-state index in [-0.39, 0.29) is 0 Å². The molecule has 1 saturated heterocycles. The van der Waals surface area contributed by atoms with E-state index >= 15 is 0 Å². The summed E-state index contributed by atoms with van der Waals surface area (Å²) >= 11 is 3.22. The van der Waals surface area contributed by atoms with Gasteiger partial charge in [0.05, 0.1) is 0 Å². The lowest BCUT2D eigenvalue weighted by atomic mass is 10.2. The van der Waals surface area contributed by atoms with Crippen molar-refractivity contribution in [3.05, 3.63) is 0 Å². The van der Waals surface area contributed by atoms with Gasteiger partial charge in [-0.05, 0) is 24.0 Å². The largest absolute Gasteiger partial charge is 0.448 e. The van der Waals surface area contributed by atoms with Gasteiger partial charge in [0.1, 0.15) is 0 Å². The normalized spacial score (nSPS) is 25.1. The highest BCUT2D eigenvalue weighted by molar-refractivity contribution is 7.98. The van der Waals surface area contributed by atoms with Gasteiger partial charge in [-0.3, -0.25) is 0 Å². The van der Waals surface area contributed by atoms with E-state index in [4.69, 9.17) is 9.47 Å². The van der Waals surface area contributed by atoms with Crippen LogP contribution in [0, 0.1) is 0 Å². The van der Waals surface area contributed by atoms with Crippen LogP contribution >= 0.6 is 23.5 Å². The van der Waals surface area contributed by atoms with Crippen LogP contribution in [-0.4, -0.2) is 48.2 Å². The molecule has 1 fully saturated rings. The van der Waals surface area contributed by atoms with Crippen molar-refractivity contribution in [3.63, 3.8) is 0 Å². The minimum absolute atomic E-state index is 0.403. The summed E-state index contributed by atoms with van der Waals surface area (Å²) in [5.41, 5.74) is 0. The molecular weight excluding hydrogens is 248 g/mol. The molecule has 4 nitrogen and oxygen atoms in total. The van der Waals surface area contributed by atoms with Gasteiger partial charge in [-0.25, -0.2) is 9.59 Å². The molecule has 1 aliphatic heterocycles. The predicted octanol–water partition coefficient (Wildman–Crippen LogP) is 1.33. The summed E-state index contributed by atoms with van der Waals surface area (Å²) in [7, 11) is 0. The van der Waals surface area contributed by atoms with Gasteiger partial charge in [0.15, 0.2) is 12.2 Å². The maximum Gasteiger partial charge on any atom is 0.348 e. The molecule has 0 aromatic heterocycles. The molecule has 0 spiro atoms. The van der Waals surface area contributed by atoms with Gasteiger partial charge in [-0.2, -0.15) is 23.5 Å². The minimum atomic E-state index is -0.703. The molecule has 0 amide bonds. The van der Waals surface area contributed by atoms with E-state index in [1.807, 2.05) is 12.5 Å². The van der Waals surface area contributed by atoms with Crippen molar-refractivity contribution in [1.29, 1.82) is 0 Å². The third kappa shape index (κ3) is 3.90. The van der Waals surface area contributed by atoms with Crippen LogP contribution in [0.1, 0.15) is 12.8 Å². The van der Waals surface area contributed by atoms with Gasteiger partial charge in [0.2, 0.25) is 0 Å². The van der Waals surface area contributed by atoms with Crippen molar-refractivity contribution in [2.75, 3.05) is 24.0 Å². The number of hydrogen-bond donors (Lipinski definition) is 0. The number of esters is 2. The quantitative estimate of drug-likeness (QED) is 0.675. The Morgan fingerprint density at radius 2 is 1.31 bits per heavy atom. The molecule has 1 heterocycles. The molecule has 0 aromatic carbocycles. The summed E-state index contributed by atoms with van der Waals surface area (Å²) in [6, 6.07) is 0. The minimum Gasteiger partial charge on any atom is -0.448 e. The number of carbonyl (C=O) groups is 2. The Labute approximate surface area is 104 Å². The second kappa shape index (κ2) is 7.06.